The Morgan fingerprint density at radius 3 is 2.39 bits per heavy atom. The van der Waals surface area contributed by atoms with E-state index in [0.29, 0.717) is 51.8 Å². The number of nitrogens with one attached hydrogen (secondary N) is 1. The third-order valence-corrected chi connectivity index (χ3v) is 6.15. The van der Waals surface area contributed by atoms with Gasteiger partial charge >= 0.3 is 18.0 Å². The molecule has 1 aromatic carbocycles. The van der Waals surface area contributed by atoms with Crippen LogP contribution in [0, 0.1) is 10.1 Å². The molecular formula is C22H23F3N8O3. The molecule has 3 aromatic rings. The van der Waals surface area contributed by atoms with Gasteiger partial charge in [-0.25, -0.2) is 9.97 Å². The summed E-state index contributed by atoms with van der Waals surface area (Å²) in [5, 5.41) is 14.2. The van der Waals surface area contributed by atoms with Crippen molar-refractivity contribution in [3.8, 4) is 6.01 Å². The van der Waals surface area contributed by atoms with Crippen LogP contribution >= 0.6 is 0 Å². The number of fused-ring (bicyclic) bond motifs is 1. The molecule has 0 saturated carbocycles. The highest BCUT2D eigenvalue weighted by molar-refractivity contribution is 5.50. The highest BCUT2D eigenvalue weighted by Gasteiger charge is 2.30. The zero-order valence-electron chi connectivity index (χ0n) is 19.1. The van der Waals surface area contributed by atoms with Crippen LogP contribution in [-0.2, 0) is 19.3 Å². The second-order valence-electron chi connectivity index (χ2n) is 8.59. The van der Waals surface area contributed by atoms with E-state index in [1.54, 1.807) is 17.0 Å². The van der Waals surface area contributed by atoms with Crippen LogP contribution in [0.4, 0.5) is 30.6 Å². The predicted molar refractivity (Wildman–Crippen MR) is 123 cm³/mol. The minimum absolute atomic E-state index is 0.0516. The second kappa shape index (κ2) is 9.60. The van der Waals surface area contributed by atoms with Crippen LogP contribution in [0.1, 0.15) is 11.1 Å². The first-order chi connectivity index (χ1) is 17.3. The molecule has 11 nitrogen and oxygen atoms in total. The third kappa shape index (κ3) is 5.17. The number of imidazole rings is 1. The van der Waals surface area contributed by atoms with E-state index in [1.807, 2.05) is 9.80 Å². The second-order valence-corrected chi connectivity index (χ2v) is 8.59. The largest absolute Gasteiger partial charge is 0.444 e. The van der Waals surface area contributed by atoms with E-state index in [9.17, 15) is 23.3 Å². The van der Waals surface area contributed by atoms with Gasteiger partial charge in [-0.05, 0) is 29.2 Å². The zero-order valence-corrected chi connectivity index (χ0v) is 19.1. The van der Waals surface area contributed by atoms with E-state index in [-0.39, 0.29) is 17.9 Å². The summed E-state index contributed by atoms with van der Waals surface area (Å²) in [7, 11) is 0. The first-order valence-corrected chi connectivity index (χ1v) is 11.3. The normalized spacial score (nSPS) is 18.0. The highest BCUT2D eigenvalue weighted by atomic mass is 19.4. The van der Waals surface area contributed by atoms with Gasteiger partial charge in [-0.3, -0.25) is 4.57 Å². The number of halogens is 3. The van der Waals surface area contributed by atoms with Crippen LogP contribution in [0.3, 0.4) is 0 Å². The number of piperazine rings is 1. The molecule has 0 radical (unpaired) electrons. The number of hydrogen-bond acceptors (Lipinski definition) is 9. The van der Waals surface area contributed by atoms with Gasteiger partial charge in [0.1, 0.15) is 12.8 Å². The number of ether oxygens (including phenoxy) is 1. The molecule has 0 aliphatic carbocycles. The van der Waals surface area contributed by atoms with Crippen LogP contribution in [0.25, 0.3) is 0 Å². The average molecular weight is 504 g/mol. The maximum atomic E-state index is 12.8. The fourth-order valence-corrected chi connectivity index (χ4v) is 4.20. The monoisotopic (exact) mass is 504 g/mol. The lowest BCUT2D eigenvalue weighted by atomic mass is 10.1. The molecule has 0 amide bonds. The number of rotatable bonds is 6. The first-order valence-electron chi connectivity index (χ1n) is 11.3. The quantitative estimate of drug-likeness (QED) is 0.399. The van der Waals surface area contributed by atoms with Crippen LogP contribution in [0.15, 0.2) is 42.9 Å². The molecule has 1 saturated heterocycles. The van der Waals surface area contributed by atoms with E-state index in [1.165, 1.54) is 18.3 Å². The average Bonchev–Trinajstić information content (AvgIpc) is 3.32. The molecule has 14 heteroatoms. The Balaban J connectivity index is 1.10. The van der Waals surface area contributed by atoms with E-state index >= 15 is 0 Å². The van der Waals surface area contributed by atoms with Gasteiger partial charge in [0.25, 0.3) is 0 Å². The van der Waals surface area contributed by atoms with Crippen LogP contribution < -0.4 is 19.9 Å². The molecule has 1 unspecified atom stereocenters. The molecular weight excluding hydrogens is 481 g/mol. The molecule has 0 spiro atoms. The summed E-state index contributed by atoms with van der Waals surface area (Å²) >= 11 is 0. The lowest BCUT2D eigenvalue weighted by molar-refractivity contribution is -0.389. The topological polar surface area (TPSA) is 114 Å². The molecule has 4 heterocycles. The highest BCUT2D eigenvalue weighted by Crippen LogP contribution is 2.31. The van der Waals surface area contributed by atoms with E-state index < -0.39 is 16.7 Å². The fourth-order valence-electron chi connectivity index (χ4n) is 4.20. The number of anilines is 2. The van der Waals surface area contributed by atoms with E-state index in [2.05, 4.69) is 20.3 Å². The Labute approximate surface area is 203 Å². The van der Waals surface area contributed by atoms with Gasteiger partial charge in [0, 0.05) is 67.9 Å². The molecule has 1 atom stereocenters. The van der Waals surface area contributed by atoms with Gasteiger partial charge in [-0.2, -0.15) is 13.2 Å². The number of hydrogen-bond donors (Lipinski definition) is 1. The smallest absolute Gasteiger partial charge is 0.416 e. The summed E-state index contributed by atoms with van der Waals surface area (Å²) in [4.78, 5) is 27.2. The molecule has 1 fully saturated rings. The molecule has 5 rings (SSSR count). The lowest BCUT2D eigenvalue weighted by Gasteiger charge is -2.36. The SMILES string of the molecule is O=[N+]([O-])c1cn2c(n1)OCC(NCc1cnc(N3CCN(c4ccc(C(F)(F)F)cc4)CC3)nc1)C2. The maximum Gasteiger partial charge on any atom is 0.416 e. The van der Waals surface area contributed by atoms with Crippen LogP contribution in [0.2, 0.25) is 0 Å². The predicted octanol–water partition coefficient (Wildman–Crippen LogP) is 2.48. The van der Waals surface area contributed by atoms with Crippen molar-refractivity contribution in [3.05, 3.63) is 64.1 Å². The number of alkyl halides is 3. The van der Waals surface area contributed by atoms with E-state index in [0.717, 1.165) is 23.4 Å². The van der Waals surface area contributed by atoms with Crippen molar-refractivity contribution in [3.63, 3.8) is 0 Å². The van der Waals surface area contributed by atoms with Crippen molar-refractivity contribution >= 4 is 17.5 Å². The lowest BCUT2D eigenvalue weighted by Crippen LogP contribution is -2.47. The summed E-state index contributed by atoms with van der Waals surface area (Å²) in [6.45, 7) is 3.94. The Morgan fingerprint density at radius 1 is 1.08 bits per heavy atom. The molecule has 0 bridgehead atoms. The van der Waals surface area contributed by atoms with Crippen molar-refractivity contribution in [2.75, 3.05) is 42.6 Å². The fraction of sp³-hybridized carbons (Fsp3) is 0.409. The zero-order chi connectivity index (χ0) is 25.3. The molecule has 1 N–H and O–H groups in total. The maximum absolute atomic E-state index is 12.8. The number of nitrogens with zero attached hydrogens (tertiary/aromatic N) is 7. The Hall–Kier alpha value is -3.94. The van der Waals surface area contributed by atoms with Gasteiger partial charge in [0.2, 0.25) is 5.95 Å². The van der Waals surface area contributed by atoms with Crippen molar-refractivity contribution in [2.45, 2.75) is 25.3 Å². The first kappa shape index (κ1) is 23.8. The summed E-state index contributed by atoms with van der Waals surface area (Å²) in [6, 6.07) is 5.41. The van der Waals surface area contributed by atoms with E-state index in [4.69, 9.17) is 4.74 Å². The van der Waals surface area contributed by atoms with Crippen molar-refractivity contribution in [1.29, 1.82) is 0 Å². The summed E-state index contributed by atoms with van der Waals surface area (Å²) < 4.78 is 45.5. The molecule has 2 aromatic heterocycles. The Kier molecular flexibility index (Phi) is 6.35. The van der Waals surface area contributed by atoms with Gasteiger partial charge < -0.3 is 30.0 Å². The molecule has 190 valence electrons. The van der Waals surface area contributed by atoms with Crippen molar-refractivity contribution < 1.29 is 22.8 Å². The minimum Gasteiger partial charge on any atom is -0.444 e. The van der Waals surface area contributed by atoms with Gasteiger partial charge in [-0.15, -0.1) is 0 Å². The molecule has 2 aliphatic heterocycles. The number of nitro groups is 1. The van der Waals surface area contributed by atoms with Crippen molar-refractivity contribution in [2.24, 2.45) is 0 Å². The van der Waals surface area contributed by atoms with Crippen molar-refractivity contribution in [1.82, 2.24) is 24.8 Å². The van der Waals surface area contributed by atoms with Crippen LogP contribution in [0.5, 0.6) is 6.01 Å². The Morgan fingerprint density at radius 2 is 1.75 bits per heavy atom. The number of aromatic nitrogens is 4. The Bertz CT molecular complexity index is 1210. The minimum atomic E-state index is -4.34. The summed E-state index contributed by atoms with van der Waals surface area (Å²) in [6.07, 6.45) is 0.509. The van der Waals surface area contributed by atoms with Crippen LogP contribution in [-0.4, -0.2) is 63.3 Å². The third-order valence-electron chi connectivity index (χ3n) is 6.15. The molecule has 36 heavy (non-hydrogen) atoms. The summed E-state index contributed by atoms with van der Waals surface area (Å²) in [5.74, 6) is 0.358. The standard InChI is InChI=1S/C22H23F3N8O3/c23-22(24,25)16-1-3-18(4-2-16)30-5-7-31(8-6-30)20-27-10-15(11-28-20)9-26-17-12-32-13-19(33(34)35)29-21(32)36-14-17/h1-4,10-11,13,17,26H,5-9,12,14H2. The molecule has 2 aliphatic rings. The van der Waals surface area contributed by atoms with Gasteiger partial charge in [0.05, 0.1) is 11.6 Å². The number of benzene rings is 1. The van der Waals surface area contributed by atoms with Gasteiger partial charge in [0.15, 0.2) is 0 Å². The summed E-state index contributed by atoms with van der Waals surface area (Å²) in [5.41, 5.74) is 0.984. The van der Waals surface area contributed by atoms with Gasteiger partial charge in [-0.1, -0.05) is 0 Å².